The fourth-order valence-corrected chi connectivity index (χ4v) is 4.52. The van der Waals surface area contributed by atoms with Gasteiger partial charge in [-0.3, -0.25) is 14.7 Å². The second-order valence-corrected chi connectivity index (χ2v) is 8.44. The number of aromatic nitrogens is 3. The third kappa shape index (κ3) is 5.05. The summed E-state index contributed by atoms with van der Waals surface area (Å²) in [6, 6.07) is 3.43. The number of anilines is 1. The van der Waals surface area contributed by atoms with Gasteiger partial charge in [0.2, 0.25) is 11.9 Å². The third-order valence-electron chi connectivity index (χ3n) is 6.34. The molecule has 2 aromatic heterocycles. The van der Waals surface area contributed by atoms with Gasteiger partial charge in [-0.25, -0.2) is 9.97 Å². The van der Waals surface area contributed by atoms with Gasteiger partial charge in [0.05, 0.1) is 5.69 Å². The Morgan fingerprint density at radius 1 is 1.07 bits per heavy atom. The van der Waals surface area contributed by atoms with Gasteiger partial charge in [-0.1, -0.05) is 0 Å². The molecule has 2 saturated heterocycles. The highest BCUT2D eigenvalue weighted by atomic mass is 16.3. The molecule has 0 aliphatic carbocycles. The normalized spacial score (nSPS) is 19.1. The van der Waals surface area contributed by atoms with Crippen molar-refractivity contribution in [2.75, 3.05) is 31.9 Å². The Morgan fingerprint density at radius 2 is 1.77 bits per heavy atom. The van der Waals surface area contributed by atoms with Crippen molar-refractivity contribution in [2.24, 2.45) is 11.8 Å². The molecule has 0 atom stereocenters. The maximum absolute atomic E-state index is 13.0. The molecule has 30 heavy (non-hydrogen) atoms. The topological polar surface area (TPSA) is 108 Å². The van der Waals surface area contributed by atoms with Crippen molar-refractivity contribution in [3.8, 4) is 5.75 Å². The Kier molecular flexibility index (Phi) is 6.42. The van der Waals surface area contributed by atoms with Crippen LogP contribution in [-0.4, -0.2) is 61.9 Å². The van der Waals surface area contributed by atoms with Crippen LogP contribution in [-0.2, 0) is 17.8 Å². The summed E-state index contributed by atoms with van der Waals surface area (Å²) in [5.41, 5.74) is 7.36. The van der Waals surface area contributed by atoms with Gasteiger partial charge in [0.25, 0.3) is 0 Å². The van der Waals surface area contributed by atoms with E-state index >= 15 is 0 Å². The van der Waals surface area contributed by atoms with Gasteiger partial charge in [0.1, 0.15) is 5.75 Å². The van der Waals surface area contributed by atoms with Crippen molar-refractivity contribution < 1.29 is 9.90 Å². The molecular weight excluding hydrogens is 380 g/mol. The van der Waals surface area contributed by atoms with E-state index in [0.29, 0.717) is 17.8 Å². The average Bonchev–Trinajstić information content (AvgIpc) is 2.77. The van der Waals surface area contributed by atoms with Gasteiger partial charge in [-0.05, 0) is 63.2 Å². The summed E-state index contributed by atoms with van der Waals surface area (Å²) in [4.78, 5) is 29.8. The number of carbonyl (C=O) groups excluding carboxylic acids is 1. The first-order valence-electron chi connectivity index (χ1n) is 10.8. The number of rotatable bonds is 5. The number of nitrogen functional groups attached to an aromatic ring is 1. The molecule has 0 saturated carbocycles. The molecule has 4 rings (SSSR count). The summed E-state index contributed by atoms with van der Waals surface area (Å²) < 4.78 is 0. The number of likely N-dealkylation sites (tertiary alicyclic amines) is 2. The molecule has 3 N–H and O–H groups in total. The Morgan fingerprint density at radius 3 is 2.43 bits per heavy atom. The molecule has 0 bridgehead atoms. The van der Waals surface area contributed by atoms with Crippen LogP contribution < -0.4 is 5.73 Å². The van der Waals surface area contributed by atoms with E-state index in [1.807, 2.05) is 4.90 Å². The SMILES string of the molecule is Nc1ncc(CN2CCC(C(=O)N3CCC(Cc4ncccc4O)CC3)CC2)cn1. The summed E-state index contributed by atoms with van der Waals surface area (Å²) in [7, 11) is 0. The van der Waals surface area contributed by atoms with Crippen LogP contribution in [0.4, 0.5) is 5.95 Å². The first-order chi connectivity index (χ1) is 14.6. The third-order valence-corrected chi connectivity index (χ3v) is 6.34. The van der Waals surface area contributed by atoms with Gasteiger partial charge >= 0.3 is 0 Å². The van der Waals surface area contributed by atoms with E-state index in [9.17, 15) is 9.90 Å². The monoisotopic (exact) mass is 410 g/mol. The van der Waals surface area contributed by atoms with E-state index in [0.717, 1.165) is 76.1 Å². The fraction of sp³-hybridized carbons (Fsp3) is 0.545. The summed E-state index contributed by atoms with van der Waals surface area (Å²) in [6.45, 7) is 4.24. The molecule has 1 amide bonds. The lowest BCUT2D eigenvalue weighted by Gasteiger charge is -2.37. The molecule has 0 unspecified atom stereocenters. The van der Waals surface area contributed by atoms with E-state index in [1.165, 1.54) is 0 Å². The first-order valence-corrected chi connectivity index (χ1v) is 10.8. The van der Waals surface area contributed by atoms with Crippen molar-refractivity contribution in [3.63, 3.8) is 0 Å². The lowest BCUT2D eigenvalue weighted by atomic mass is 9.89. The van der Waals surface area contributed by atoms with Crippen molar-refractivity contribution in [3.05, 3.63) is 42.0 Å². The molecule has 0 spiro atoms. The summed E-state index contributed by atoms with van der Waals surface area (Å²) in [6.07, 6.45) is 9.79. The maximum Gasteiger partial charge on any atom is 0.225 e. The van der Waals surface area contributed by atoms with Gasteiger partial charge in [0.15, 0.2) is 0 Å². The number of nitrogens with zero attached hydrogens (tertiary/aromatic N) is 5. The highest BCUT2D eigenvalue weighted by Gasteiger charge is 2.31. The Balaban J connectivity index is 1.21. The minimum atomic E-state index is 0.125. The molecule has 4 heterocycles. The van der Waals surface area contributed by atoms with Crippen molar-refractivity contribution in [2.45, 2.75) is 38.6 Å². The number of hydrogen-bond acceptors (Lipinski definition) is 7. The number of aromatic hydroxyl groups is 1. The Labute approximate surface area is 177 Å². The molecule has 8 heteroatoms. The summed E-state index contributed by atoms with van der Waals surface area (Å²) >= 11 is 0. The highest BCUT2D eigenvalue weighted by Crippen LogP contribution is 2.27. The molecule has 0 aromatic carbocycles. The zero-order valence-corrected chi connectivity index (χ0v) is 17.3. The summed E-state index contributed by atoms with van der Waals surface area (Å²) in [5, 5.41) is 9.93. The first kappa shape index (κ1) is 20.5. The van der Waals surface area contributed by atoms with Gasteiger partial charge in [-0.2, -0.15) is 0 Å². The van der Waals surface area contributed by atoms with Crippen LogP contribution in [0.2, 0.25) is 0 Å². The zero-order chi connectivity index (χ0) is 20.9. The lowest BCUT2D eigenvalue weighted by Crippen LogP contribution is -2.45. The van der Waals surface area contributed by atoms with Crippen LogP contribution in [0.15, 0.2) is 30.7 Å². The number of carbonyl (C=O) groups is 1. The van der Waals surface area contributed by atoms with Gasteiger partial charge in [0, 0.05) is 49.7 Å². The maximum atomic E-state index is 13.0. The van der Waals surface area contributed by atoms with Crippen molar-refractivity contribution in [1.82, 2.24) is 24.8 Å². The van der Waals surface area contributed by atoms with E-state index < -0.39 is 0 Å². The molecule has 160 valence electrons. The smallest absolute Gasteiger partial charge is 0.225 e. The van der Waals surface area contributed by atoms with Gasteiger partial charge in [-0.15, -0.1) is 0 Å². The van der Waals surface area contributed by atoms with Crippen LogP contribution in [0, 0.1) is 11.8 Å². The van der Waals surface area contributed by atoms with Crippen LogP contribution in [0.25, 0.3) is 0 Å². The number of pyridine rings is 1. The van der Waals surface area contributed by atoms with Crippen molar-refractivity contribution in [1.29, 1.82) is 0 Å². The largest absolute Gasteiger partial charge is 0.506 e. The molecule has 8 nitrogen and oxygen atoms in total. The lowest BCUT2D eigenvalue weighted by molar-refractivity contribution is -0.138. The van der Waals surface area contributed by atoms with Crippen molar-refractivity contribution >= 4 is 11.9 Å². The second-order valence-electron chi connectivity index (χ2n) is 8.44. The Bertz CT molecular complexity index is 843. The van der Waals surface area contributed by atoms with Crippen LogP contribution in [0.3, 0.4) is 0 Å². The van der Waals surface area contributed by atoms with Crippen LogP contribution in [0.1, 0.15) is 36.9 Å². The molecule has 2 aliphatic heterocycles. The van der Waals surface area contributed by atoms with E-state index in [4.69, 9.17) is 5.73 Å². The standard InChI is InChI=1S/C22H30N6O2/c23-22-25-13-17(14-26-22)15-27-8-5-18(6-9-27)21(30)28-10-3-16(4-11-28)12-19-20(29)2-1-7-24-19/h1-2,7,13-14,16,18,29H,3-6,8-12,15H2,(H2,23,25,26). The number of nitrogens with two attached hydrogens (primary N) is 1. The van der Waals surface area contributed by atoms with Gasteiger partial charge < -0.3 is 15.7 Å². The molecule has 0 radical (unpaired) electrons. The minimum Gasteiger partial charge on any atom is -0.506 e. The molecule has 2 aliphatic rings. The number of hydrogen-bond donors (Lipinski definition) is 2. The molecule has 2 fully saturated rings. The van der Waals surface area contributed by atoms with E-state index in [2.05, 4.69) is 19.9 Å². The fourth-order valence-electron chi connectivity index (χ4n) is 4.52. The second kappa shape index (κ2) is 9.38. The molecule has 2 aromatic rings. The minimum absolute atomic E-state index is 0.125. The molecular formula is C22H30N6O2. The number of piperidine rings is 2. The zero-order valence-electron chi connectivity index (χ0n) is 17.3. The van der Waals surface area contributed by atoms with Crippen LogP contribution in [0.5, 0.6) is 5.75 Å². The summed E-state index contributed by atoms with van der Waals surface area (Å²) in [5.74, 6) is 1.47. The van der Waals surface area contributed by atoms with E-state index in [-0.39, 0.29) is 11.7 Å². The van der Waals surface area contributed by atoms with Crippen LogP contribution >= 0.6 is 0 Å². The van der Waals surface area contributed by atoms with E-state index in [1.54, 1.807) is 30.7 Å². The Hall–Kier alpha value is -2.74. The predicted octanol–water partition coefficient (Wildman–Crippen LogP) is 1.85. The average molecular weight is 411 g/mol. The highest BCUT2D eigenvalue weighted by molar-refractivity contribution is 5.79. The number of amides is 1. The quantitative estimate of drug-likeness (QED) is 0.774. The predicted molar refractivity (Wildman–Crippen MR) is 113 cm³/mol.